The van der Waals surface area contributed by atoms with Crippen molar-refractivity contribution in [1.82, 2.24) is 4.68 Å². The van der Waals surface area contributed by atoms with Crippen molar-refractivity contribution in [1.29, 1.82) is 5.26 Å². The van der Waals surface area contributed by atoms with Crippen molar-refractivity contribution in [2.45, 2.75) is 27.4 Å². The van der Waals surface area contributed by atoms with Crippen LogP contribution in [0.5, 0.6) is 11.5 Å². The minimum Gasteiger partial charge on any atom is -0.490 e. The largest absolute Gasteiger partial charge is 0.490 e. The van der Waals surface area contributed by atoms with Gasteiger partial charge in [0.2, 0.25) is 0 Å². The molecule has 8 heteroatoms. The third-order valence-corrected chi connectivity index (χ3v) is 5.41. The monoisotopic (exact) mass is 483 g/mol. The molecule has 1 aromatic heterocycles. The van der Waals surface area contributed by atoms with Crippen LogP contribution in [0.2, 0.25) is 10.0 Å². The Labute approximate surface area is 202 Å². The van der Waals surface area contributed by atoms with Gasteiger partial charge >= 0.3 is 0 Å². The Morgan fingerprint density at radius 3 is 2.42 bits per heavy atom. The van der Waals surface area contributed by atoms with Crippen LogP contribution in [0.15, 0.2) is 54.1 Å². The van der Waals surface area contributed by atoms with E-state index in [2.05, 4.69) is 5.43 Å². The van der Waals surface area contributed by atoms with Crippen LogP contribution in [0.25, 0.3) is 6.08 Å². The minimum atomic E-state index is -0.504. The second kappa shape index (κ2) is 11.0. The number of aryl methyl sites for hydroxylation is 2. The van der Waals surface area contributed by atoms with Crippen LogP contribution < -0.4 is 14.9 Å². The van der Waals surface area contributed by atoms with E-state index in [0.717, 1.165) is 17.0 Å². The SMILES string of the molecule is CCOc1cc(/C=C(/C#N)C(=O)Nn2c(C)ccc2C)ccc1OCc1ccc(Cl)cc1Cl. The van der Waals surface area contributed by atoms with E-state index in [0.29, 0.717) is 33.7 Å². The second-order valence-electron chi connectivity index (χ2n) is 7.23. The first-order valence-corrected chi connectivity index (χ1v) is 11.0. The molecule has 0 radical (unpaired) electrons. The number of benzene rings is 2. The molecule has 0 aliphatic carbocycles. The molecule has 3 aromatic rings. The molecule has 0 saturated carbocycles. The van der Waals surface area contributed by atoms with Gasteiger partial charge in [-0.05, 0) is 68.8 Å². The van der Waals surface area contributed by atoms with Gasteiger partial charge in [-0.25, -0.2) is 0 Å². The van der Waals surface area contributed by atoms with Gasteiger partial charge in [0.15, 0.2) is 11.5 Å². The van der Waals surface area contributed by atoms with Gasteiger partial charge < -0.3 is 9.47 Å². The van der Waals surface area contributed by atoms with Gasteiger partial charge in [0.25, 0.3) is 5.91 Å². The number of nitriles is 1. The first kappa shape index (κ1) is 24.2. The van der Waals surface area contributed by atoms with E-state index in [1.807, 2.05) is 39.0 Å². The maximum atomic E-state index is 12.6. The van der Waals surface area contributed by atoms with Crippen LogP contribution in [0.1, 0.15) is 29.4 Å². The predicted molar refractivity (Wildman–Crippen MR) is 130 cm³/mol. The number of carbonyl (C=O) groups is 1. The van der Waals surface area contributed by atoms with E-state index in [1.54, 1.807) is 41.1 Å². The Bertz CT molecular complexity index is 1220. The number of nitrogens with zero attached hydrogens (tertiary/aromatic N) is 2. The van der Waals surface area contributed by atoms with Crippen LogP contribution in [0.4, 0.5) is 0 Å². The van der Waals surface area contributed by atoms with Gasteiger partial charge in [0, 0.05) is 27.0 Å². The molecular weight excluding hydrogens is 461 g/mol. The second-order valence-corrected chi connectivity index (χ2v) is 8.07. The summed E-state index contributed by atoms with van der Waals surface area (Å²) in [5, 5.41) is 10.6. The molecule has 0 aliphatic heterocycles. The fourth-order valence-electron chi connectivity index (χ4n) is 3.12. The first-order chi connectivity index (χ1) is 15.8. The summed E-state index contributed by atoms with van der Waals surface area (Å²) >= 11 is 12.2. The molecule has 1 heterocycles. The topological polar surface area (TPSA) is 76.3 Å². The summed E-state index contributed by atoms with van der Waals surface area (Å²) in [7, 11) is 0. The fourth-order valence-corrected chi connectivity index (χ4v) is 3.58. The Morgan fingerprint density at radius 2 is 1.79 bits per heavy atom. The summed E-state index contributed by atoms with van der Waals surface area (Å²) in [4.78, 5) is 12.6. The van der Waals surface area contributed by atoms with Crippen LogP contribution >= 0.6 is 23.2 Å². The first-order valence-electron chi connectivity index (χ1n) is 10.2. The number of rotatable bonds is 8. The molecule has 0 spiro atoms. The lowest BCUT2D eigenvalue weighted by molar-refractivity contribution is -0.113. The third-order valence-electron chi connectivity index (χ3n) is 4.83. The molecule has 0 atom stereocenters. The normalized spacial score (nSPS) is 11.1. The zero-order valence-electron chi connectivity index (χ0n) is 18.5. The summed E-state index contributed by atoms with van der Waals surface area (Å²) in [5.41, 5.74) is 5.83. The molecule has 1 N–H and O–H groups in total. The molecule has 6 nitrogen and oxygen atoms in total. The van der Waals surface area contributed by atoms with E-state index in [9.17, 15) is 10.1 Å². The molecule has 170 valence electrons. The minimum absolute atomic E-state index is 0.0356. The summed E-state index contributed by atoms with van der Waals surface area (Å²) in [6.07, 6.45) is 1.51. The zero-order chi connectivity index (χ0) is 24.0. The summed E-state index contributed by atoms with van der Waals surface area (Å²) in [6, 6.07) is 16.1. The van der Waals surface area contributed by atoms with Gasteiger partial charge in [-0.1, -0.05) is 35.3 Å². The number of nitrogens with one attached hydrogen (secondary N) is 1. The van der Waals surface area contributed by atoms with Crippen molar-refractivity contribution in [2.75, 3.05) is 12.0 Å². The average Bonchev–Trinajstić information content (AvgIpc) is 3.10. The summed E-state index contributed by atoms with van der Waals surface area (Å²) in [6.45, 7) is 6.24. The number of aromatic nitrogens is 1. The number of hydrogen-bond donors (Lipinski definition) is 1. The predicted octanol–water partition coefficient (Wildman–Crippen LogP) is 6.07. The lowest BCUT2D eigenvalue weighted by atomic mass is 10.1. The maximum absolute atomic E-state index is 12.6. The number of halogens is 2. The highest BCUT2D eigenvalue weighted by atomic mass is 35.5. The molecule has 2 aromatic carbocycles. The molecule has 3 rings (SSSR count). The van der Waals surface area contributed by atoms with Crippen molar-refractivity contribution in [3.05, 3.63) is 86.7 Å². The fraction of sp³-hybridized carbons (Fsp3) is 0.200. The van der Waals surface area contributed by atoms with E-state index in [4.69, 9.17) is 32.7 Å². The molecule has 0 unspecified atom stereocenters. The average molecular weight is 484 g/mol. The number of carbonyl (C=O) groups excluding carboxylic acids is 1. The number of ether oxygens (including phenoxy) is 2. The van der Waals surface area contributed by atoms with E-state index < -0.39 is 5.91 Å². The lowest BCUT2D eigenvalue weighted by Gasteiger charge is -2.14. The molecule has 0 aliphatic rings. The summed E-state index contributed by atoms with van der Waals surface area (Å²) in [5.74, 6) is 0.503. The molecule has 0 fully saturated rings. The lowest BCUT2D eigenvalue weighted by Crippen LogP contribution is -2.25. The van der Waals surface area contributed by atoms with Gasteiger partial charge in [-0.3, -0.25) is 14.9 Å². The highest BCUT2D eigenvalue weighted by molar-refractivity contribution is 6.35. The number of hydrogen-bond acceptors (Lipinski definition) is 4. The van der Waals surface area contributed by atoms with Crippen LogP contribution in [-0.4, -0.2) is 17.2 Å². The quantitative estimate of drug-likeness (QED) is 0.311. The standard InChI is InChI=1S/C25H23Cl2N3O3/c1-4-32-24-12-18(7-10-23(24)33-15-19-8-9-21(26)13-22(19)27)11-20(14-28)25(31)29-30-16(2)5-6-17(30)3/h5-13H,4,15H2,1-3H3,(H,29,31)/b20-11-. The highest BCUT2D eigenvalue weighted by Gasteiger charge is 2.13. The molecular formula is C25H23Cl2N3O3. The van der Waals surface area contributed by atoms with Crippen LogP contribution in [0.3, 0.4) is 0 Å². The summed E-state index contributed by atoms with van der Waals surface area (Å²) < 4.78 is 13.3. The van der Waals surface area contributed by atoms with Crippen LogP contribution in [-0.2, 0) is 11.4 Å². The van der Waals surface area contributed by atoms with E-state index >= 15 is 0 Å². The molecule has 0 bridgehead atoms. The van der Waals surface area contributed by atoms with Gasteiger partial charge in [0.1, 0.15) is 18.2 Å². The number of amides is 1. The van der Waals surface area contributed by atoms with Gasteiger partial charge in [0.05, 0.1) is 6.61 Å². The Balaban J connectivity index is 1.81. The zero-order valence-corrected chi connectivity index (χ0v) is 20.0. The van der Waals surface area contributed by atoms with Crippen molar-refractivity contribution >= 4 is 35.2 Å². The van der Waals surface area contributed by atoms with E-state index in [-0.39, 0.29) is 12.2 Å². The van der Waals surface area contributed by atoms with E-state index in [1.165, 1.54) is 6.08 Å². The van der Waals surface area contributed by atoms with Gasteiger partial charge in [-0.15, -0.1) is 0 Å². The van der Waals surface area contributed by atoms with Crippen molar-refractivity contribution in [3.8, 4) is 17.6 Å². The van der Waals surface area contributed by atoms with Crippen LogP contribution in [0, 0.1) is 25.2 Å². The highest BCUT2D eigenvalue weighted by Crippen LogP contribution is 2.31. The van der Waals surface area contributed by atoms with Crippen molar-refractivity contribution in [2.24, 2.45) is 0 Å². The molecule has 1 amide bonds. The smallest absolute Gasteiger partial charge is 0.280 e. The van der Waals surface area contributed by atoms with Crippen molar-refractivity contribution < 1.29 is 14.3 Å². The van der Waals surface area contributed by atoms with Crippen molar-refractivity contribution in [3.63, 3.8) is 0 Å². The van der Waals surface area contributed by atoms with Gasteiger partial charge in [-0.2, -0.15) is 5.26 Å². The maximum Gasteiger partial charge on any atom is 0.280 e. The third kappa shape index (κ3) is 6.10. The molecule has 0 saturated heterocycles. The Morgan fingerprint density at radius 1 is 1.06 bits per heavy atom. The Kier molecular flexibility index (Phi) is 8.05. The molecule has 33 heavy (non-hydrogen) atoms. The Hall–Kier alpha value is -3.40.